The molecule has 0 bridgehead atoms. The summed E-state index contributed by atoms with van der Waals surface area (Å²) in [7, 11) is 0. The van der Waals surface area contributed by atoms with E-state index in [1.54, 1.807) is 6.20 Å². The largest absolute Gasteiger partial charge is 0.398 e. The lowest BCUT2D eigenvalue weighted by atomic mass is 10.1. The first kappa shape index (κ1) is 10.5. The van der Waals surface area contributed by atoms with Crippen molar-refractivity contribution in [1.29, 1.82) is 0 Å². The first-order valence-electron chi connectivity index (χ1n) is 4.88. The molecule has 0 unspecified atom stereocenters. The molecule has 1 aromatic heterocycles. The molecule has 0 aliphatic heterocycles. The minimum atomic E-state index is 0.807. The zero-order valence-corrected chi connectivity index (χ0v) is 8.91. The van der Waals surface area contributed by atoms with E-state index in [9.17, 15) is 0 Å². The third kappa shape index (κ3) is 2.02. The first-order valence-corrected chi connectivity index (χ1v) is 4.88. The van der Waals surface area contributed by atoms with Crippen molar-refractivity contribution in [3.05, 3.63) is 36.0 Å². The van der Waals surface area contributed by atoms with E-state index in [2.05, 4.69) is 11.1 Å². The number of nitrogens with zero attached hydrogens (tertiary/aromatic N) is 1. The van der Waals surface area contributed by atoms with Crippen LogP contribution in [0, 0.1) is 6.92 Å². The third-order valence-electron chi connectivity index (χ3n) is 1.99. The van der Waals surface area contributed by atoms with E-state index in [1.165, 1.54) is 0 Å². The van der Waals surface area contributed by atoms with Gasteiger partial charge in [-0.05, 0) is 30.7 Å². The molecule has 0 atom stereocenters. The van der Waals surface area contributed by atoms with Gasteiger partial charge < -0.3 is 5.73 Å². The Morgan fingerprint density at radius 1 is 1.21 bits per heavy atom. The van der Waals surface area contributed by atoms with Gasteiger partial charge in [0, 0.05) is 17.3 Å². The fraction of sp³-hybridized carbons (Fsp3) is 0.250. The monoisotopic (exact) mass is 188 g/mol. The molecule has 1 heterocycles. The fourth-order valence-electron chi connectivity index (χ4n) is 1.25. The maximum atomic E-state index is 5.75. The Labute approximate surface area is 84.8 Å². The van der Waals surface area contributed by atoms with Crippen molar-refractivity contribution in [2.45, 2.75) is 20.8 Å². The van der Waals surface area contributed by atoms with Gasteiger partial charge in [0.2, 0.25) is 0 Å². The predicted octanol–water partition coefficient (Wildman–Crippen LogP) is 3.15. The molecule has 0 spiro atoms. The number of benzene rings is 1. The van der Waals surface area contributed by atoms with Crippen LogP contribution in [0.1, 0.15) is 19.4 Å². The van der Waals surface area contributed by atoms with Gasteiger partial charge in [0.25, 0.3) is 0 Å². The van der Waals surface area contributed by atoms with Gasteiger partial charge in [0.05, 0.1) is 5.52 Å². The van der Waals surface area contributed by atoms with Gasteiger partial charge in [0.15, 0.2) is 0 Å². The second-order valence-electron chi connectivity index (χ2n) is 2.90. The molecule has 2 nitrogen and oxygen atoms in total. The Balaban J connectivity index is 0.000000461. The van der Waals surface area contributed by atoms with Crippen LogP contribution in [0.25, 0.3) is 10.9 Å². The molecule has 2 N–H and O–H groups in total. The number of nitrogens with two attached hydrogens (primary N) is 1. The van der Waals surface area contributed by atoms with Gasteiger partial charge in [0.1, 0.15) is 0 Å². The molecular weight excluding hydrogens is 172 g/mol. The molecule has 2 rings (SSSR count). The van der Waals surface area contributed by atoms with Gasteiger partial charge in [-0.2, -0.15) is 0 Å². The summed E-state index contributed by atoms with van der Waals surface area (Å²) in [4.78, 5) is 4.20. The van der Waals surface area contributed by atoms with Crippen molar-refractivity contribution in [3.63, 3.8) is 0 Å². The van der Waals surface area contributed by atoms with E-state index < -0.39 is 0 Å². The number of hydrogen-bond donors (Lipinski definition) is 1. The van der Waals surface area contributed by atoms with Crippen molar-refractivity contribution in [1.82, 2.24) is 4.98 Å². The van der Waals surface area contributed by atoms with Gasteiger partial charge in [-0.3, -0.25) is 4.98 Å². The zero-order valence-electron chi connectivity index (χ0n) is 8.91. The number of aryl methyl sites for hydroxylation is 1. The van der Waals surface area contributed by atoms with Crippen LogP contribution in [0.2, 0.25) is 0 Å². The third-order valence-corrected chi connectivity index (χ3v) is 1.99. The Hall–Kier alpha value is -1.57. The molecule has 0 aliphatic carbocycles. The number of rotatable bonds is 0. The molecule has 74 valence electrons. The van der Waals surface area contributed by atoms with E-state index >= 15 is 0 Å². The lowest BCUT2D eigenvalue weighted by Gasteiger charge is -2.01. The van der Waals surface area contributed by atoms with Crippen LogP contribution < -0.4 is 5.73 Å². The van der Waals surface area contributed by atoms with E-state index in [4.69, 9.17) is 5.73 Å². The highest BCUT2D eigenvalue weighted by Crippen LogP contribution is 2.18. The Morgan fingerprint density at radius 3 is 2.64 bits per heavy atom. The highest BCUT2D eigenvalue weighted by atomic mass is 14.7. The Morgan fingerprint density at radius 2 is 1.93 bits per heavy atom. The molecule has 2 aromatic rings. The smallest absolute Gasteiger partial charge is 0.0722 e. The lowest BCUT2D eigenvalue weighted by molar-refractivity contribution is 1.39. The van der Waals surface area contributed by atoms with Crippen LogP contribution in [0.15, 0.2) is 30.5 Å². The average molecular weight is 188 g/mol. The predicted molar refractivity (Wildman–Crippen MR) is 62.2 cm³/mol. The van der Waals surface area contributed by atoms with Gasteiger partial charge >= 0.3 is 0 Å². The number of fused-ring (bicyclic) bond motifs is 1. The van der Waals surface area contributed by atoms with Crippen molar-refractivity contribution in [3.8, 4) is 0 Å². The van der Waals surface area contributed by atoms with Crippen LogP contribution in [-0.4, -0.2) is 4.98 Å². The molecule has 0 fully saturated rings. The van der Waals surface area contributed by atoms with Crippen LogP contribution in [-0.2, 0) is 0 Å². The molecule has 0 saturated carbocycles. The summed E-state index contributed by atoms with van der Waals surface area (Å²) in [6.07, 6.45) is 1.77. The summed E-state index contributed by atoms with van der Waals surface area (Å²) in [5.41, 5.74) is 8.62. The summed E-state index contributed by atoms with van der Waals surface area (Å²) >= 11 is 0. The Bertz CT molecular complexity index is 381. The normalized spacial score (nSPS) is 9.36. The SMILES string of the molecule is CC.Cc1cc2cccnc2cc1N. The van der Waals surface area contributed by atoms with Crippen LogP contribution in [0.4, 0.5) is 5.69 Å². The van der Waals surface area contributed by atoms with Crippen molar-refractivity contribution < 1.29 is 0 Å². The average Bonchev–Trinajstić information content (AvgIpc) is 2.23. The van der Waals surface area contributed by atoms with Crippen LogP contribution in [0.3, 0.4) is 0 Å². The summed E-state index contributed by atoms with van der Waals surface area (Å²) in [5.74, 6) is 0. The fourth-order valence-corrected chi connectivity index (χ4v) is 1.25. The summed E-state index contributed by atoms with van der Waals surface area (Å²) in [5, 5.41) is 1.14. The molecule has 1 aromatic carbocycles. The minimum Gasteiger partial charge on any atom is -0.398 e. The zero-order chi connectivity index (χ0) is 10.6. The topological polar surface area (TPSA) is 38.9 Å². The second-order valence-corrected chi connectivity index (χ2v) is 2.90. The van der Waals surface area contributed by atoms with Gasteiger partial charge in [-0.15, -0.1) is 0 Å². The van der Waals surface area contributed by atoms with Crippen LogP contribution >= 0.6 is 0 Å². The molecule has 0 amide bonds. The number of aromatic nitrogens is 1. The first-order chi connectivity index (χ1) is 6.77. The lowest BCUT2D eigenvalue weighted by Crippen LogP contribution is -1.89. The van der Waals surface area contributed by atoms with E-state index in [0.29, 0.717) is 0 Å². The molecule has 0 aliphatic rings. The number of pyridine rings is 1. The van der Waals surface area contributed by atoms with E-state index in [-0.39, 0.29) is 0 Å². The quantitative estimate of drug-likeness (QED) is 0.645. The van der Waals surface area contributed by atoms with E-state index in [1.807, 2.05) is 39.0 Å². The summed E-state index contributed by atoms with van der Waals surface area (Å²) in [6.45, 7) is 6.00. The maximum Gasteiger partial charge on any atom is 0.0722 e. The van der Waals surface area contributed by atoms with Gasteiger partial charge in [-0.25, -0.2) is 0 Å². The van der Waals surface area contributed by atoms with Crippen molar-refractivity contribution in [2.75, 3.05) is 5.73 Å². The standard InChI is InChI=1S/C10H10N2.C2H6/c1-7-5-8-3-2-4-12-10(8)6-9(7)11;1-2/h2-6H,11H2,1H3;1-2H3. The summed E-state index contributed by atoms with van der Waals surface area (Å²) in [6, 6.07) is 7.93. The number of hydrogen-bond acceptors (Lipinski definition) is 2. The molecular formula is C12H16N2. The molecule has 2 heteroatoms. The Kier molecular flexibility index (Phi) is 3.46. The highest BCUT2D eigenvalue weighted by molar-refractivity contribution is 5.83. The molecule has 0 saturated heterocycles. The van der Waals surface area contributed by atoms with Crippen molar-refractivity contribution >= 4 is 16.6 Å². The van der Waals surface area contributed by atoms with Crippen molar-refractivity contribution in [2.24, 2.45) is 0 Å². The van der Waals surface area contributed by atoms with Crippen LogP contribution in [0.5, 0.6) is 0 Å². The summed E-state index contributed by atoms with van der Waals surface area (Å²) < 4.78 is 0. The highest BCUT2D eigenvalue weighted by Gasteiger charge is 1.96. The maximum absolute atomic E-state index is 5.75. The number of anilines is 1. The van der Waals surface area contributed by atoms with Gasteiger partial charge in [-0.1, -0.05) is 19.9 Å². The molecule has 14 heavy (non-hydrogen) atoms. The van der Waals surface area contributed by atoms with E-state index in [0.717, 1.165) is 22.2 Å². The minimum absolute atomic E-state index is 0.807. The second kappa shape index (κ2) is 4.61. The molecule has 0 radical (unpaired) electrons. The number of nitrogen functional groups attached to an aromatic ring is 1.